The van der Waals surface area contributed by atoms with Crippen LogP contribution < -0.4 is 4.90 Å². The number of rotatable bonds is 3. The number of aliphatic imine (C=N–C) groups is 1. The molecule has 116 valence electrons. The second kappa shape index (κ2) is 6.30. The molecule has 1 N–H and O–H groups in total. The molecule has 3 aliphatic rings. The summed E-state index contributed by atoms with van der Waals surface area (Å²) in [5.74, 6) is 0.475. The number of hydrogen-bond donors (Lipinski definition) is 1. The number of carbonyl (C=O) groups excluding carboxylic acids is 1. The van der Waals surface area contributed by atoms with Crippen LogP contribution in [0.3, 0.4) is 0 Å². The van der Waals surface area contributed by atoms with Crippen molar-refractivity contribution in [3.8, 4) is 0 Å². The Hall–Kier alpha value is -1.16. The zero-order chi connectivity index (χ0) is 14.8. The van der Waals surface area contributed by atoms with E-state index in [0.717, 1.165) is 12.8 Å². The molecule has 0 amide bonds. The third-order valence-corrected chi connectivity index (χ3v) is 5.21. The van der Waals surface area contributed by atoms with Gasteiger partial charge >= 0.3 is 5.97 Å². The predicted octanol–water partition coefficient (Wildman–Crippen LogP) is 1.17. The lowest BCUT2D eigenvalue weighted by molar-refractivity contribution is -0.907. The number of nitrogens with one attached hydrogen (secondary N) is 1. The molecule has 0 radical (unpaired) electrons. The lowest BCUT2D eigenvalue weighted by atomic mass is 9.85. The Balaban J connectivity index is 1.79. The van der Waals surface area contributed by atoms with Gasteiger partial charge in [0, 0.05) is 30.5 Å². The van der Waals surface area contributed by atoms with Crippen LogP contribution in [0.25, 0.3) is 0 Å². The standard InChI is InChI=1S/C17H26N2O2/c1-12-9-13(11-17(20)21-2)18-15(10-12)14-5-3-7-19-8-4-6-16(14)19/h5,12-13,16H,3-4,6-11H2,1-2H3/p+1/t12-,13-,16?/m0/s1. The lowest BCUT2D eigenvalue weighted by Crippen LogP contribution is -3.14. The number of fused-ring (bicyclic) bond motifs is 1. The third kappa shape index (κ3) is 3.20. The quantitative estimate of drug-likeness (QED) is 0.793. The van der Waals surface area contributed by atoms with Gasteiger partial charge in [0.05, 0.1) is 32.7 Å². The number of esters is 1. The molecule has 0 aromatic rings. The van der Waals surface area contributed by atoms with Crippen LogP contribution in [0, 0.1) is 5.92 Å². The molecule has 0 aromatic carbocycles. The molecule has 0 aromatic heterocycles. The average molecular weight is 291 g/mol. The van der Waals surface area contributed by atoms with E-state index in [1.54, 1.807) is 4.90 Å². The molecule has 4 heteroatoms. The number of nitrogens with zero attached hydrogens (tertiary/aromatic N) is 1. The first-order valence-corrected chi connectivity index (χ1v) is 8.36. The van der Waals surface area contributed by atoms with Gasteiger partial charge in [0.25, 0.3) is 0 Å². The highest BCUT2D eigenvalue weighted by Gasteiger charge is 2.37. The summed E-state index contributed by atoms with van der Waals surface area (Å²) in [5.41, 5.74) is 2.78. The summed E-state index contributed by atoms with van der Waals surface area (Å²) in [6, 6.07) is 0.783. The topological polar surface area (TPSA) is 43.1 Å². The highest BCUT2D eigenvalue weighted by atomic mass is 16.5. The summed E-state index contributed by atoms with van der Waals surface area (Å²) < 4.78 is 4.81. The molecule has 0 aliphatic carbocycles. The summed E-state index contributed by atoms with van der Waals surface area (Å²) in [7, 11) is 1.46. The van der Waals surface area contributed by atoms with Gasteiger partial charge < -0.3 is 9.64 Å². The second-order valence-corrected chi connectivity index (χ2v) is 6.86. The largest absolute Gasteiger partial charge is 0.469 e. The minimum Gasteiger partial charge on any atom is -0.469 e. The first-order chi connectivity index (χ1) is 10.2. The Morgan fingerprint density at radius 3 is 3.14 bits per heavy atom. The molecule has 4 nitrogen and oxygen atoms in total. The fraction of sp³-hybridized carbons (Fsp3) is 0.765. The van der Waals surface area contributed by atoms with E-state index in [1.165, 1.54) is 50.7 Å². The van der Waals surface area contributed by atoms with Crippen molar-refractivity contribution in [1.82, 2.24) is 0 Å². The van der Waals surface area contributed by atoms with Gasteiger partial charge in [-0.3, -0.25) is 9.79 Å². The van der Waals surface area contributed by atoms with Crippen molar-refractivity contribution in [3.05, 3.63) is 11.6 Å². The lowest BCUT2D eigenvalue weighted by Gasteiger charge is -2.32. The smallest absolute Gasteiger partial charge is 0.307 e. The zero-order valence-electron chi connectivity index (χ0n) is 13.2. The molecular weight excluding hydrogens is 264 g/mol. The van der Waals surface area contributed by atoms with Crippen molar-refractivity contribution >= 4 is 11.7 Å². The molecule has 1 fully saturated rings. The van der Waals surface area contributed by atoms with Crippen LogP contribution in [-0.2, 0) is 9.53 Å². The van der Waals surface area contributed by atoms with E-state index in [1.807, 2.05) is 0 Å². The van der Waals surface area contributed by atoms with Gasteiger partial charge in [-0.2, -0.15) is 0 Å². The minimum atomic E-state index is -0.136. The van der Waals surface area contributed by atoms with Gasteiger partial charge in [-0.25, -0.2) is 0 Å². The first kappa shape index (κ1) is 14.8. The summed E-state index contributed by atoms with van der Waals surface area (Å²) in [4.78, 5) is 18.2. The fourth-order valence-electron chi connectivity index (χ4n) is 4.26. The van der Waals surface area contributed by atoms with Crippen molar-refractivity contribution < 1.29 is 14.4 Å². The van der Waals surface area contributed by atoms with E-state index in [-0.39, 0.29) is 12.0 Å². The highest BCUT2D eigenvalue weighted by molar-refractivity contribution is 6.01. The van der Waals surface area contributed by atoms with E-state index in [0.29, 0.717) is 18.4 Å². The molecule has 2 unspecified atom stereocenters. The van der Waals surface area contributed by atoms with Crippen LogP contribution in [-0.4, -0.2) is 44.0 Å². The third-order valence-electron chi connectivity index (χ3n) is 5.21. The number of carbonyl (C=O) groups is 1. The maximum Gasteiger partial charge on any atom is 0.307 e. The van der Waals surface area contributed by atoms with E-state index in [9.17, 15) is 4.79 Å². The predicted molar refractivity (Wildman–Crippen MR) is 82.7 cm³/mol. The van der Waals surface area contributed by atoms with Crippen molar-refractivity contribution in [2.24, 2.45) is 10.9 Å². The molecule has 0 saturated carbocycles. The Morgan fingerprint density at radius 1 is 1.48 bits per heavy atom. The van der Waals surface area contributed by atoms with Crippen LogP contribution >= 0.6 is 0 Å². The van der Waals surface area contributed by atoms with E-state index < -0.39 is 0 Å². The second-order valence-electron chi connectivity index (χ2n) is 6.86. The number of methoxy groups -OCH3 is 1. The van der Waals surface area contributed by atoms with Crippen molar-refractivity contribution in [2.75, 3.05) is 20.2 Å². The van der Waals surface area contributed by atoms with Gasteiger partial charge in [0.1, 0.15) is 6.04 Å². The van der Waals surface area contributed by atoms with Crippen molar-refractivity contribution in [1.29, 1.82) is 0 Å². The average Bonchev–Trinajstić information content (AvgIpc) is 2.94. The summed E-state index contributed by atoms with van der Waals surface area (Å²) in [5, 5.41) is 0. The number of ether oxygens (including phenoxy) is 1. The Bertz CT molecular complexity index is 469. The van der Waals surface area contributed by atoms with Crippen molar-refractivity contribution in [3.63, 3.8) is 0 Å². The molecule has 1 saturated heterocycles. The Morgan fingerprint density at radius 2 is 2.33 bits per heavy atom. The molecular formula is C17H27N2O2+. The maximum atomic E-state index is 11.5. The fourth-order valence-corrected chi connectivity index (χ4v) is 4.26. The minimum absolute atomic E-state index is 0.115. The Kier molecular flexibility index (Phi) is 4.43. The molecule has 4 atom stereocenters. The van der Waals surface area contributed by atoms with E-state index >= 15 is 0 Å². The molecule has 3 aliphatic heterocycles. The van der Waals surface area contributed by atoms with Gasteiger partial charge in [-0.05, 0) is 18.8 Å². The van der Waals surface area contributed by atoms with Gasteiger partial charge in [0.2, 0.25) is 0 Å². The van der Waals surface area contributed by atoms with E-state index in [2.05, 4.69) is 13.0 Å². The summed E-state index contributed by atoms with van der Waals surface area (Å²) >= 11 is 0. The van der Waals surface area contributed by atoms with Gasteiger partial charge in [-0.15, -0.1) is 0 Å². The van der Waals surface area contributed by atoms with Crippen LogP contribution in [0.4, 0.5) is 0 Å². The molecule has 0 spiro atoms. The zero-order valence-corrected chi connectivity index (χ0v) is 13.2. The summed E-state index contributed by atoms with van der Waals surface area (Å²) in [6.07, 6.45) is 8.75. The number of hydrogen-bond acceptors (Lipinski definition) is 3. The van der Waals surface area contributed by atoms with E-state index in [4.69, 9.17) is 9.73 Å². The molecule has 21 heavy (non-hydrogen) atoms. The van der Waals surface area contributed by atoms with Gasteiger partial charge in [0.15, 0.2) is 0 Å². The molecule has 3 rings (SSSR count). The highest BCUT2D eigenvalue weighted by Crippen LogP contribution is 2.28. The number of quaternary nitrogens is 1. The van der Waals surface area contributed by atoms with Crippen LogP contribution in [0.1, 0.15) is 45.4 Å². The van der Waals surface area contributed by atoms with Crippen LogP contribution in [0.2, 0.25) is 0 Å². The Labute approximate surface area is 127 Å². The monoisotopic (exact) mass is 291 g/mol. The van der Waals surface area contributed by atoms with Crippen LogP contribution in [0.5, 0.6) is 0 Å². The van der Waals surface area contributed by atoms with Crippen molar-refractivity contribution in [2.45, 2.75) is 57.5 Å². The SMILES string of the molecule is COC(=O)C[C@@H]1C[C@H](C)CC(C2=CCC[NH+]3CCCC23)=N1. The first-order valence-electron chi connectivity index (χ1n) is 8.36. The normalized spacial score (nSPS) is 35.7. The molecule has 3 heterocycles. The maximum absolute atomic E-state index is 11.5. The molecule has 0 bridgehead atoms. The van der Waals surface area contributed by atoms with Gasteiger partial charge in [-0.1, -0.05) is 13.0 Å². The van der Waals surface area contributed by atoms with Crippen LogP contribution in [0.15, 0.2) is 16.6 Å². The summed E-state index contributed by atoms with van der Waals surface area (Å²) in [6.45, 7) is 4.88.